The second-order valence-electron chi connectivity index (χ2n) is 7.94. The number of carboxylic acids is 1. The summed E-state index contributed by atoms with van der Waals surface area (Å²) in [4.78, 5) is 24.4. The minimum absolute atomic E-state index is 0.158. The van der Waals surface area contributed by atoms with Gasteiger partial charge in [-0.1, -0.05) is 56.3 Å². The lowest BCUT2D eigenvalue weighted by molar-refractivity contribution is 0.0697. The van der Waals surface area contributed by atoms with Crippen LogP contribution in [0.15, 0.2) is 53.3 Å². The van der Waals surface area contributed by atoms with Crippen LogP contribution in [0.1, 0.15) is 48.4 Å². The molecular weight excluding hydrogens is 390 g/mol. The van der Waals surface area contributed by atoms with Gasteiger partial charge in [-0.25, -0.2) is 14.3 Å². The first-order chi connectivity index (χ1) is 14.9. The molecule has 3 rings (SSSR count). The zero-order chi connectivity index (χ0) is 22.4. The summed E-state index contributed by atoms with van der Waals surface area (Å²) in [6, 6.07) is 14.5. The van der Waals surface area contributed by atoms with E-state index in [9.17, 15) is 14.7 Å². The lowest BCUT2D eigenvalue weighted by Gasteiger charge is -2.09. The van der Waals surface area contributed by atoms with E-state index in [2.05, 4.69) is 24.9 Å². The first-order valence-electron chi connectivity index (χ1n) is 10.4. The van der Waals surface area contributed by atoms with Gasteiger partial charge in [0.1, 0.15) is 5.82 Å². The molecule has 0 unspecified atom stereocenters. The highest BCUT2D eigenvalue weighted by molar-refractivity contribution is 5.95. The molecule has 0 radical (unpaired) electrons. The van der Waals surface area contributed by atoms with E-state index in [1.807, 2.05) is 30.3 Å². The molecule has 0 atom stereocenters. The molecule has 0 aliphatic heterocycles. The fraction of sp³-hybridized carbons (Fsp3) is 0.320. The number of benzene rings is 2. The Morgan fingerprint density at radius 3 is 2.52 bits per heavy atom. The molecule has 1 heterocycles. The maximum Gasteiger partial charge on any atom is 0.346 e. The fourth-order valence-electron chi connectivity index (χ4n) is 3.46. The summed E-state index contributed by atoms with van der Waals surface area (Å²) >= 11 is 0. The molecule has 2 aromatic carbocycles. The van der Waals surface area contributed by atoms with Gasteiger partial charge in [-0.05, 0) is 35.1 Å². The van der Waals surface area contributed by atoms with E-state index in [4.69, 9.17) is 6.42 Å². The molecule has 1 N–H and O–H groups in total. The molecule has 0 spiro atoms. The minimum Gasteiger partial charge on any atom is -0.478 e. The van der Waals surface area contributed by atoms with Crippen molar-refractivity contribution in [1.29, 1.82) is 0 Å². The van der Waals surface area contributed by atoms with Gasteiger partial charge in [0.25, 0.3) is 0 Å². The summed E-state index contributed by atoms with van der Waals surface area (Å²) in [6.07, 6.45) is 7.47. The van der Waals surface area contributed by atoms with E-state index in [-0.39, 0.29) is 11.3 Å². The van der Waals surface area contributed by atoms with Gasteiger partial charge in [0.15, 0.2) is 0 Å². The Balaban J connectivity index is 1.88. The van der Waals surface area contributed by atoms with Gasteiger partial charge in [0, 0.05) is 12.8 Å². The number of aryl methyl sites for hydroxylation is 2. The number of aromatic nitrogens is 3. The van der Waals surface area contributed by atoms with Gasteiger partial charge in [0.05, 0.1) is 18.7 Å². The van der Waals surface area contributed by atoms with Gasteiger partial charge in [-0.15, -0.1) is 12.3 Å². The molecule has 0 aliphatic carbocycles. The third-order valence-corrected chi connectivity index (χ3v) is 5.18. The van der Waals surface area contributed by atoms with Gasteiger partial charge in [-0.3, -0.25) is 4.57 Å². The van der Waals surface area contributed by atoms with Crippen LogP contribution in [0, 0.1) is 18.3 Å². The van der Waals surface area contributed by atoms with Crippen molar-refractivity contribution in [3.8, 4) is 23.5 Å². The summed E-state index contributed by atoms with van der Waals surface area (Å²) in [5.74, 6) is 2.87. The van der Waals surface area contributed by atoms with Crippen LogP contribution < -0.4 is 5.69 Å². The average molecular weight is 418 g/mol. The topological polar surface area (TPSA) is 77.1 Å². The summed E-state index contributed by atoms with van der Waals surface area (Å²) in [5.41, 5.74) is 2.53. The lowest BCUT2D eigenvalue weighted by atomic mass is 9.99. The highest BCUT2D eigenvalue weighted by Crippen LogP contribution is 2.24. The minimum atomic E-state index is -0.958. The van der Waals surface area contributed by atoms with Crippen molar-refractivity contribution in [3.63, 3.8) is 0 Å². The van der Waals surface area contributed by atoms with Crippen molar-refractivity contribution in [2.75, 3.05) is 0 Å². The average Bonchev–Trinajstić information content (AvgIpc) is 3.06. The van der Waals surface area contributed by atoms with E-state index >= 15 is 0 Å². The van der Waals surface area contributed by atoms with Crippen molar-refractivity contribution in [3.05, 3.63) is 76.0 Å². The van der Waals surface area contributed by atoms with Crippen molar-refractivity contribution in [2.45, 2.75) is 46.2 Å². The van der Waals surface area contributed by atoms with Crippen LogP contribution in [0.2, 0.25) is 0 Å². The summed E-state index contributed by atoms with van der Waals surface area (Å²) in [7, 11) is 0. The van der Waals surface area contributed by atoms with Crippen LogP contribution >= 0.6 is 0 Å². The number of nitrogens with zero attached hydrogens (tertiary/aromatic N) is 3. The first kappa shape index (κ1) is 22.1. The second-order valence-corrected chi connectivity index (χ2v) is 7.94. The third-order valence-electron chi connectivity index (χ3n) is 5.18. The number of carbonyl (C=O) groups is 1. The van der Waals surface area contributed by atoms with Crippen LogP contribution in [0.4, 0.5) is 0 Å². The number of hydrogen-bond donors (Lipinski definition) is 1. The van der Waals surface area contributed by atoms with Gasteiger partial charge < -0.3 is 5.11 Å². The molecule has 0 amide bonds. The maximum atomic E-state index is 12.9. The predicted octanol–water partition coefficient (Wildman–Crippen LogP) is 4.07. The molecule has 0 saturated heterocycles. The van der Waals surface area contributed by atoms with Crippen LogP contribution in [-0.4, -0.2) is 25.4 Å². The Morgan fingerprint density at radius 1 is 1.16 bits per heavy atom. The Morgan fingerprint density at radius 2 is 1.87 bits per heavy atom. The number of terminal acetylenes is 1. The van der Waals surface area contributed by atoms with Crippen molar-refractivity contribution in [2.24, 2.45) is 5.92 Å². The smallest absolute Gasteiger partial charge is 0.346 e. The zero-order valence-corrected chi connectivity index (χ0v) is 17.9. The fourth-order valence-corrected chi connectivity index (χ4v) is 3.46. The highest BCUT2D eigenvalue weighted by Gasteiger charge is 2.15. The first-order valence-corrected chi connectivity index (χ1v) is 10.4. The molecule has 0 aliphatic rings. The molecule has 1 aromatic heterocycles. The summed E-state index contributed by atoms with van der Waals surface area (Å²) < 4.78 is 3.16. The van der Waals surface area contributed by atoms with Gasteiger partial charge >= 0.3 is 11.7 Å². The monoisotopic (exact) mass is 417 g/mol. The largest absolute Gasteiger partial charge is 0.478 e. The summed E-state index contributed by atoms with van der Waals surface area (Å²) in [6.45, 7) is 5.10. The normalized spacial score (nSPS) is 10.9. The van der Waals surface area contributed by atoms with E-state index in [1.54, 1.807) is 22.8 Å². The number of carboxylic acid groups (broad SMARTS) is 1. The highest BCUT2D eigenvalue weighted by atomic mass is 16.4. The van der Waals surface area contributed by atoms with E-state index in [0.29, 0.717) is 31.0 Å². The Hall–Kier alpha value is -3.59. The number of rotatable bonds is 9. The maximum absolute atomic E-state index is 12.9. The Kier molecular flexibility index (Phi) is 7.09. The molecule has 6 nitrogen and oxygen atoms in total. The van der Waals surface area contributed by atoms with Crippen LogP contribution in [-0.2, 0) is 19.5 Å². The molecule has 3 aromatic rings. The Bertz CT molecular complexity index is 1150. The quantitative estimate of drug-likeness (QED) is 0.533. The van der Waals surface area contributed by atoms with E-state index in [0.717, 1.165) is 29.8 Å². The lowest BCUT2D eigenvalue weighted by Crippen LogP contribution is -2.26. The van der Waals surface area contributed by atoms with Crippen LogP contribution in [0.3, 0.4) is 0 Å². The van der Waals surface area contributed by atoms with Crippen LogP contribution in [0.5, 0.6) is 0 Å². The third kappa shape index (κ3) is 5.32. The van der Waals surface area contributed by atoms with Crippen molar-refractivity contribution >= 4 is 5.97 Å². The zero-order valence-electron chi connectivity index (χ0n) is 17.9. The van der Waals surface area contributed by atoms with E-state index < -0.39 is 5.97 Å². The molecular formula is C25H27N3O3. The van der Waals surface area contributed by atoms with Crippen LogP contribution in [0.25, 0.3) is 11.1 Å². The molecule has 31 heavy (non-hydrogen) atoms. The second kappa shape index (κ2) is 9.94. The standard InChI is InChI=1S/C25H27N3O3/c1-4-5-16-28-25(31)27(23(26-28)15-10-18(2)3)17-19-11-13-20(14-12-19)21-8-6-7-9-22(21)24(29)30/h1,6-9,11-14,18H,5,10,15-17H2,2-3H3,(H,29,30). The molecule has 6 heteroatoms. The van der Waals surface area contributed by atoms with Crippen molar-refractivity contribution < 1.29 is 9.90 Å². The molecule has 160 valence electrons. The summed E-state index contributed by atoms with van der Waals surface area (Å²) in [5, 5.41) is 13.9. The number of hydrogen-bond acceptors (Lipinski definition) is 3. The molecule has 0 fully saturated rings. The Labute approximate surface area is 182 Å². The van der Waals surface area contributed by atoms with Crippen molar-refractivity contribution in [1.82, 2.24) is 14.3 Å². The SMILES string of the molecule is C#CCCn1nc(CCC(C)C)n(Cc2ccc(-c3ccccc3C(=O)O)cc2)c1=O. The molecule has 0 saturated carbocycles. The predicted molar refractivity (Wildman–Crippen MR) is 121 cm³/mol. The number of aromatic carboxylic acids is 1. The van der Waals surface area contributed by atoms with Gasteiger partial charge in [0.2, 0.25) is 0 Å². The van der Waals surface area contributed by atoms with E-state index in [1.165, 1.54) is 4.68 Å². The van der Waals surface area contributed by atoms with Gasteiger partial charge in [-0.2, -0.15) is 5.10 Å². The molecule has 0 bridgehead atoms.